The molecule has 2 rings (SSSR count). The zero-order valence-electron chi connectivity index (χ0n) is 13.7. The van der Waals surface area contributed by atoms with E-state index in [1.807, 2.05) is 13.8 Å². The Hall–Kier alpha value is -2.44. The van der Waals surface area contributed by atoms with Crippen molar-refractivity contribution in [3.05, 3.63) is 29.6 Å². The summed E-state index contributed by atoms with van der Waals surface area (Å²) >= 11 is 0. The molecule has 24 heavy (non-hydrogen) atoms. The lowest BCUT2D eigenvalue weighted by molar-refractivity contribution is -0.141. The van der Waals surface area contributed by atoms with Crippen LogP contribution in [0.2, 0.25) is 0 Å². The van der Waals surface area contributed by atoms with Crippen molar-refractivity contribution in [3.8, 4) is 0 Å². The Balaban J connectivity index is 2.12. The number of hydrogen-bond acceptors (Lipinski definition) is 3. The van der Waals surface area contributed by atoms with E-state index in [4.69, 9.17) is 5.11 Å². The third kappa shape index (κ3) is 4.10. The summed E-state index contributed by atoms with van der Waals surface area (Å²) in [6, 6.07) is 2.89. The average Bonchev–Trinajstić information content (AvgIpc) is 2.97. The van der Waals surface area contributed by atoms with Gasteiger partial charge in [0.05, 0.1) is 5.69 Å². The van der Waals surface area contributed by atoms with Crippen molar-refractivity contribution in [2.75, 3.05) is 11.9 Å². The smallest absolute Gasteiger partial charge is 0.326 e. The van der Waals surface area contributed by atoms with Gasteiger partial charge in [-0.15, -0.1) is 0 Å². The van der Waals surface area contributed by atoms with Gasteiger partial charge in [0.2, 0.25) is 5.91 Å². The monoisotopic (exact) mass is 336 g/mol. The SMILES string of the molecule is CC(C)CC(=O)Nc1ccc(C(=O)N2CCCC2C(=O)O)cc1F. The maximum atomic E-state index is 14.1. The van der Waals surface area contributed by atoms with E-state index in [1.165, 1.54) is 17.0 Å². The Labute approximate surface area is 139 Å². The Morgan fingerprint density at radius 2 is 2.08 bits per heavy atom. The second-order valence-corrected chi connectivity index (χ2v) is 6.34. The lowest BCUT2D eigenvalue weighted by atomic mass is 10.1. The summed E-state index contributed by atoms with van der Waals surface area (Å²) in [7, 11) is 0. The highest BCUT2D eigenvalue weighted by Gasteiger charge is 2.34. The summed E-state index contributed by atoms with van der Waals surface area (Å²) in [4.78, 5) is 36.5. The number of anilines is 1. The Bertz CT molecular complexity index is 660. The summed E-state index contributed by atoms with van der Waals surface area (Å²) in [5.41, 5.74) is 0.0796. The van der Waals surface area contributed by atoms with Gasteiger partial charge in [-0.1, -0.05) is 13.8 Å². The highest BCUT2D eigenvalue weighted by molar-refractivity contribution is 5.98. The molecular weight excluding hydrogens is 315 g/mol. The number of benzene rings is 1. The first-order valence-corrected chi connectivity index (χ1v) is 7.92. The lowest BCUT2D eigenvalue weighted by Crippen LogP contribution is -2.40. The number of amides is 2. The van der Waals surface area contributed by atoms with E-state index in [-0.39, 0.29) is 29.5 Å². The number of carboxylic acids is 1. The number of aliphatic carboxylic acids is 1. The molecule has 6 nitrogen and oxygen atoms in total. The first kappa shape index (κ1) is 17.9. The van der Waals surface area contributed by atoms with Gasteiger partial charge in [0.25, 0.3) is 5.91 Å². The normalized spacial score (nSPS) is 17.2. The van der Waals surface area contributed by atoms with E-state index < -0.39 is 23.7 Å². The highest BCUT2D eigenvalue weighted by atomic mass is 19.1. The van der Waals surface area contributed by atoms with Crippen molar-refractivity contribution in [1.29, 1.82) is 0 Å². The van der Waals surface area contributed by atoms with Crippen molar-refractivity contribution in [2.24, 2.45) is 5.92 Å². The van der Waals surface area contributed by atoms with E-state index in [1.54, 1.807) is 0 Å². The maximum Gasteiger partial charge on any atom is 0.326 e. The van der Waals surface area contributed by atoms with Gasteiger partial charge in [0, 0.05) is 18.5 Å². The number of halogens is 1. The molecule has 1 aromatic rings. The van der Waals surface area contributed by atoms with E-state index in [2.05, 4.69) is 5.32 Å². The van der Waals surface area contributed by atoms with Crippen LogP contribution < -0.4 is 5.32 Å². The van der Waals surface area contributed by atoms with Gasteiger partial charge >= 0.3 is 5.97 Å². The molecule has 2 N–H and O–H groups in total. The molecule has 0 bridgehead atoms. The fraction of sp³-hybridized carbons (Fsp3) is 0.471. The second kappa shape index (κ2) is 7.42. The van der Waals surface area contributed by atoms with E-state index in [9.17, 15) is 18.8 Å². The van der Waals surface area contributed by atoms with Crippen LogP contribution in [0.3, 0.4) is 0 Å². The molecule has 0 saturated carbocycles. The number of nitrogens with zero attached hydrogens (tertiary/aromatic N) is 1. The van der Waals surface area contributed by atoms with Gasteiger partial charge in [-0.3, -0.25) is 9.59 Å². The molecule has 130 valence electrons. The van der Waals surface area contributed by atoms with E-state index >= 15 is 0 Å². The van der Waals surface area contributed by atoms with Crippen molar-refractivity contribution >= 4 is 23.5 Å². The molecule has 0 aromatic heterocycles. The summed E-state index contributed by atoms with van der Waals surface area (Å²) < 4.78 is 14.1. The fourth-order valence-electron chi connectivity index (χ4n) is 2.75. The quantitative estimate of drug-likeness (QED) is 0.865. The third-order valence-corrected chi connectivity index (χ3v) is 3.88. The van der Waals surface area contributed by atoms with Gasteiger partial charge in [-0.05, 0) is 37.0 Å². The summed E-state index contributed by atoms with van der Waals surface area (Å²) in [5, 5.41) is 11.6. The molecule has 1 aromatic carbocycles. The highest BCUT2D eigenvalue weighted by Crippen LogP contribution is 2.23. The number of likely N-dealkylation sites (tertiary alicyclic amines) is 1. The number of hydrogen-bond donors (Lipinski definition) is 2. The van der Waals surface area contributed by atoms with Gasteiger partial charge in [-0.2, -0.15) is 0 Å². The molecule has 1 fully saturated rings. The minimum atomic E-state index is -1.06. The van der Waals surface area contributed by atoms with Crippen LogP contribution in [0.4, 0.5) is 10.1 Å². The van der Waals surface area contributed by atoms with Gasteiger partial charge in [0.15, 0.2) is 0 Å². The van der Waals surface area contributed by atoms with Crippen LogP contribution in [0, 0.1) is 11.7 Å². The van der Waals surface area contributed by atoms with E-state index in [0.717, 1.165) is 6.07 Å². The average molecular weight is 336 g/mol. The number of rotatable bonds is 5. The zero-order chi connectivity index (χ0) is 17.9. The van der Waals surface area contributed by atoms with Crippen molar-refractivity contribution in [1.82, 2.24) is 4.90 Å². The number of carbonyl (C=O) groups is 3. The van der Waals surface area contributed by atoms with Gasteiger partial charge in [-0.25, -0.2) is 9.18 Å². The largest absolute Gasteiger partial charge is 0.480 e. The number of carbonyl (C=O) groups excluding carboxylic acids is 2. The molecule has 7 heteroatoms. The van der Waals surface area contributed by atoms with Crippen molar-refractivity contribution < 1.29 is 23.9 Å². The Morgan fingerprint density at radius 3 is 2.67 bits per heavy atom. The maximum absolute atomic E-state index is 14.1. The fourth-order valence-corrected chi connectivity index (χ4v) is 2.75. The molecular formula is C17H21FN2O4. The topological polar surface area (TPSA) is 86.7 Å². The molecule has 1 heterocycles. The molecule has 1 saturated heterocycles. The molecule has 1 aliphatic rings. The first-order chi connectivity index (χ1) is 11.3. The summed E-state index contributed by atoms with van der Waals surface area (Å²) in [6.45, 7) is 4.10. The second-order valence-electron chi connectivity index (χ2n) is 6.34. The molecule has 0 aliphatic carbocycles. The third-order valence-electron chi connectivity index (χ3n) is 3.88. The van der Waals surface area contributed by atoms with Crippen LogP contribution >= 0.6 is 0 Å². The van der Waals surface area contributed by atoms with Crippen LogP contribution in [0.1, 0.15) is 43.5 Å². The molecule has 1 unspecified atom stereocenters. The molecule has 1 atom stereocenters. The predicted molar refractivity (Wildman–Crippen MR) is 86.2 cm³/mol. The Kier molecular flexibility index (Phi) is 5.54. The van der Waals surface area contributed by atoms with Gasteiger partial charge in [0.1, 0.15) is 11.9 Å². The van der Waals surface area contributed by atoms with Crippen LogP contribution in [0.5, 0.6) is 0 Å². The van der Waals surface area contributed by atoms with Crippen LogP contribution in [-0.2, 0) is 9.59 Å². The molecule has 0 spiro atoms. The zero-order valence-corrected chi connectivity index (χ0v) is 13.7. The molecule has 1 aliphatic heterocycles. The van der Waals surface area contributed by atoms with Gasteiger partial charge < -0.3 is 15.3 Å². The van der Waals surface area contributed by atoms with Crippen LogP contribution in [0.15, 0.2) is 18.2 Å². The predicted octanol–water partition coefficient (Wildman–Crippen LogP) is 2.50. The van der Waals surface area contributed by atoms with Crippen molar-refractivity contribution in [3.63, 3.8) is 0 Å². The minimum Gasteiger partial charge on any atom is -0.480 e. The van der Waals surface area contributed by atoms with Crippen molar-refractivity contribution in [2.45, 2.75) is 39.2 Å². The Morgan fingerprint density at radius 1 is 1.38 bits per heavy atom. The van der Waals surface area contributed by atoms with E-state index in [0.29, 0.717) is 19.4 Å². The molecule has 0 radical (unpaired) electrons. The molecule has 2 amide bonds. The number of carboxylic acid groups (broad SMARTS) is 1. The minimum absolute atomic E-state index is 0.00778. The number of nitrogens with one attached hydrogen (secondary N) is 1. The first-order valence-electron chi connectivity index (χ1n) is 7.92. The summed E-state index contributed by atoms with van der Waals surface area (Å²) in [6.07, 6.45) is 1.27. The summed E-state index contributed by atoms with van der Waals surface area (Å²) in [5.74, 6) is -2.44. The standard InChI is InChI=1S/C17H21FN2O4/c1-10(2)8-15(21)19-13-6-5-11(9-12(13)18)16(22)20-7-3-4-14(20)17(23)24/h5-6,9-10,14H,3-4,7-8H2,1-2H3,(H,19,21)(H,23,24). The van der Waals surface area contributed by atoms with Crippen LogP contribution in [0.25, 0.3) is 0 Å². The van der Waals surface area contributed by atoms with Crippen LogP contribution in [-0.4, -0.2) is 40.4 Å². The lowest BCUT2D eigenvalue weighted by Gasteiger charge is -2.21.